The highest BCUT2D eigenvalue weighted by Gasteiger charge is 2.07. The number of hydrogen-bond acceptors (Lipinski definition) is 0. The van der Waals surface area contributed by atoms with Gasteiger partial charge in [-0.3, -0.25) is 0 Å². The van der Waals surface area contributed by atoms with Gasteiger partial charge in [-0.2, -0.15) is 0 Å². The van der Waals surface area contributed by atoms with Gasteiger partial charge in [0.15, 0.2) is 0 Å². The molecule has 0 heterocycles. The van der Waals surface area contributed by atoms with E-state index in [1.54, 1.807) is 0 Å². The average Bonchev–Trinajstić information content (AvgIpc) is 2.02. The maximum atomic E-state index is 12.8. The molecular weight excluding hydrogens is 127 g/mol. The molecule has 1 aliphatic rings. The minimum atomic E-state index is -0.488. The standard InChI is InChI=1S/C9H17F/c10-9-7-5-3-1-2-4-6-8-9/h9H,1-8H2. The van der Waals surface area contributed by atoms with Crippen molar-refractivity contribution in [3.05, 3.63) is 0 Å². The molecule has 0 amide bonds. The van der Waals surface area contributed by atoms with E-state index in [0.717, 1.165) is 25.7 Å². The van der Waals surface area contributed by atoms with Crippen LogP contribution in [0.25, 0.3) is 0 Å². The Balaban J connectivity index is 2.15. The smallest absolute Gasteiger partial charge is 0.100 e. The molecule has 0 nitrogen and oxygen atoms in total. The third-order valence-electron chi connectivity index (χ3n) is 2.28. The monoisotopic (exact) mass is 144 g/mol. The topological polar surface area (TPSA) is 0 Å². The molecule has 10 heavy (non-hydrogen) atoms. The number of halogens is 1. The first-order chi connectivity index (χ1) is 4.89. The molecule has 1 rings (SSSR count). The molecule has 0 atom stereocenters. The molecule has 1 heteroatoms. The molecular formula is C9H17F. The van der Waals surface area contributed by atoms with Crippen LogP contribution in [0.4, 0.5) is 4.39 Å². The summed E-state index contributed by atoms with van der Waals surface area (Å²) in [6.07, 6.45) is 8.53. The second kappa shape index (κ2) is 4.70. The fraction of sp³-hybridized carbons (Fsp3) is 1.00. The van der Waals surface area contributed by atoms with Crippen molar-refractivity contribution < 1.29 is 4.39 Å². The fourth-order valence-electron chi connectivity index (χ4n) is 1.58. The molecule has 60 valence electrons. The Labute approximate surface area is 62.8 Å². The van der Waals surface area contributed by atoms with Crippen molar-refractivity contribution in [1.29, 1.82) is 0 Å². The Morgan fingerprint density at radius 3 is 1.60 bits per heavy atom. The van der Waals surface area contributed by atoms with Gasteiger partial charge in [0.05, 0.1) is 0 Å². The SMILES string of the molecule is FC1CCCCCCCC1. The lowest BCUT2D eigenvalue weighted by atomic mass is 10.1. The molecule has 1 fully saturated rings. The normalized spacial score (nSPS) is 24.9. The molecule has 0 aliphatic heterocycles. The summed E-state index contributed by atoms with van der Waals surface area (Å²) < 4.78 is 12.8. The van der Waals surface area contributed by atoms with Crippen molar-refractivity contribution in [3.8, 4) is 0 Å². The van der Waals surface area contributed by atoms with E-state index < -0.39 is 6.17 Å². The van der Waals surface area contributed by atoms with Crippen LogP contribution >= 0.6 is 0 Å². The van der Waals surface area contributed by atoms with Crippen LogP contribution in [0.3, 0.4) is 0 Å². The largest absolute Gasteiger partial charge is 0.247 e. The van der Waals surface area contributed by atoms with Gasteiger partial charge in [-0.05, 0) is 12.8 Å². The first-order valence-electron chi connectivity index (χ1n) is 4.53. The van der Waals surface area contributed by atoms with E-state index in [1.807, 2.05) is 0 Å². The van der Waals surface area contributed by atoms with Gasteiger partial charge in [0.25, 0.3) is 0 Å². The second-order valence-corrected chi connectivity index (χ2v) is 3.30. The molecule has 0 aromatic carbocycles. The lowest BCUT2D eigenvalue weighted by molar-refractivity contribution is 0.287. The maximum Gasteiger partial charge on any atom is 0.100 e. The fourth-order valence-corrected chi connectivity index (χ4v) is 1.58. The van der Waals surface area contributed by atoms with Gasteiger partial charge in [0, 0.05) is 0 Å². The molecule has 0 radical (unpaired) electrons. The van der Waals surface area contributed by atoms with Crippen LogP contribution in [-0.4, -0.2) is 6.17 Å². The van der Waals surface area contributed by atoms with Crippen molar-refractivity contribution in [2.75, 3.05) is 0 Å². The number of hydrogen-bond donors (Lipinski definition) is 0. The zero-order valence-corrected chi connectivity index (χ0v) is 6.61. The average molecular weight is 144 g/mol. The molecule has 0 saturated heterocycles. The Bertz CT molecular complexity index is 70.8. The van der Waals surface area contributed by atoms with Crippen molar-refractivity contribution in [2.45, 2.75) is 57.5 Å². The van der Waals surface area contributed by atoms with Gasteiger partial charge in [-0.15, -0.1) is 0 Å². The van der Waals surface area contributed by atoms with E-state index in [2.05, 4.69) is 0 Å². The predicted octanol–water partition coefficient (Wildman–Crippen LogP) is 3.46. The zero-order chi connectivity index (χ0) is 7.23. The van der Waals surface area contributed by atoms with Crippen molar-refractivity contribution in [1.82, 2.24) is 0 Å². The highest BCUT2D eigenvalue weighted by molar-refractivity contribution is 4.60. The summed E-state index contributed by atoms with van der Waals surface area (Å²) in [7, 11) is 0. The van der Waals surface area contributed by atoms with Gasteiger partial charge in [0.2, 0.25) is 0 Å². The zero-order valence-electron chi connectivity index (χ0n) is 6.61. The summed E-state index contributed by atoms with van der Waals surface area (Å²) in [5.74, 6) is 0. The highest BCUT2D eigenvalue weighted by atomic mass is 19.1. The summed E-state index contributed by atoms with van der Waals surface area (Å²) >= 11 is 0. The van der Waals surface area contributed by atoms with Crippen LogP contribution in [0.1, 0.15) is 51.4 Å². The molecule has 0 aromatic heterocycles. The molecule has 0 spiro atoms. The van der Waals surface area contributed by atoms with Gasteiger partial charge in [-0.1, -0.05) is 38.5 Å². The van der Waals surface area contributed by atoms with Crippen LogP contribution < -0.4 is 0 Å². The summed E-state index contributed by atoms with van der Waals surface area (Å²) in [5, 5.41) is 0. The molecule has 0 N–H and O–H groups in total. The third kappa shape index (κ3) is 3.19. The molecule has 0 bridgehead atoms. The highest BCUT2D eigenvalue weighted by Crippen LogP contribution is 2.18. The van der Waals surface area contributed by atoms with E-state index in [4.69, 9.17) is 0 Å². The first kappa shape index (κ1) is 8.03. The van der Waals surface area contributed by atoms with Gasteiger partial charge < -0.3 is 0 Å². The Kier molecular flexibility index (Phi) is 3.77. The first-order valence-corrected chi connectivity index (χ1v) is 4.53. The van der Waals surface area contributed by atoms with Crippen LogP contribution in [0.5, 0.6) is 0 Å². The van der Waals surface area contributed by atoms with E-state index in [-0.39, 0.29) is 0 Å². The molecule has 0 unspecified atom stereocenters. The van der Waals surface area contributed by atoms with E-state index in [9.17, 15) is 4.39 Å². The van der Waals surface area contributed by atoms with Gasteiger partial charge in [0.1, 0.15) is 6.17 Å². The lowest BCUT2D eigenvalue weighted by Gasteiger charge is -2.03. The van der Waals surface area contributed by atoms with E-state index in [1.165, 1.54) is 25.7 Å². The van der Waals surface area contributed by atoms with Crippen LogP contribution in [0.15, 0.2) is 0 Å². The predicted molar refractivity (Wildman–Crippen MR) is 41.8 cm³/mol. The number of rotatable bonds is 0. The molecule has 0 aromatic rings. The second-order valence-electron chi connectivity index (χ2n) is 3.30. The molecule has 1 saturated carbocycles. The van der Waals surface area contributed by atoms with E-state index in [0.29, 0.717) is 0 Å². The Hall–Kier alpha value is -0.0700. The quantitative estimate of drug-likeness (QED) is 0.488. The molecule has 1 aliphatic carbocycles. The van der Waals surface area contributed by atoms with Crippen LogP contribution in [0.2, 0.25) is 0 Å². The Morgan fingerprint density at radius 2 is 1.10 bits per heavy atom. The Morgan fingerprint density at radius 1 is 0.700 bits per heavy atom. The third-order valence-corrected chi connectivity index (χ3v) is 2.28. The van der Waals surface area contributed by atoms with Gasteiger partial charge in [-0.25, -0.2) is 4.39 Å². The maximum absolute atomic E-state index is 12.8. The van der Waals surface area contributed by atoms with Crippen molar-refractivity contribution >= 4 is 0 Å². The number of alkyl halides is 1. The van der Waals surface area contributed by atoms with Crippen LogP contribution in [-0.2, 0) is 0 Å². The lowest BCUT2D eigenvalue weighted by Crippen LogP contribution is -1.97. The van der Waals surface area contributed by atoms with Crippen molar-refractivity contribution in [2.24, 2.45) is 0 Å². The van der Waals surface area contributed by atoms with E-state index >= 15 is 0 Å². The van der Waals surface area contributed by atoms with Crippen LogP contribution in [0, 0.1) is 0 Å². The minimum absolute atomic E-state index is 0.488. The summed E-state index contributed by atoms with van der Waals surface area (Å²) in [6, 6.07) is 0. The van der Waals surface area contributed by atoms with Gasteiger partial charge >= 0.3 is 0 Å². The summed E-state index contributed by atoms with van der Waals surface area (Å²) in [5.41, 5.74) is 0. The van der Waals surface area contributed by atoms with Crippen molar-refractivity contribution in [3.63, 3.8) is 0 Å². The summed E-state index contributed by atoms with van der Waals surface area (Å²) in [4.78, 5) is 0. The summed E-state index contributed by atoms with van der Waals surface area (Å²) in [6.45, 7) is 0. The minimum Gasteiger partial charge on any atom is -0.247 e.